The first kappa shape index (κ1) is 9.02. The Morgan fingerprint density at radius 3 is 2.57 bits per heavy atom. The number of aromatic nitrogens is 2. The fraction of sp³-hybridized carbons (Fsp3) is 0.111. The van der Waals surface area contributed by atoms with Crippen molar-refractivity contribution in [2.45, 2.75) is 5.88 Å². The third-order valence-corrected chi connectivity index (χ3v) is 1.94. The highest BCUT2D eigenvalue weighted by molar-refractivity contribution is 6.16. The van der Waals surface area contributed by atoms with E-state index in [-0.39, 0.29) is 11.6 Å². The quantitative estimate of drug-likeness (QED) is 0.772. The van der Waals surface area contributed by atoms with Crippen molar-refractivity contribution in [3.63, 3.8) is 0 Å². The molecular formula is C9H7ClN2O2. The van der Waals surface area contributed by atoms with Crippen LogP contribution < -0.4 is 0 Å². The van der Waals surface area contributed by atoms with Crippen LogP contribution in [0.5, 0.6) is 5.75 Å². The molecule has 0 spiro atoms. The first-order valence-electron chi connectivity index (χ1n) is 3.97. The minimum Gasteiger partial charge on any atom is -0.508 e. The van der Waals surface area contributed by atoms with E-state index in [1.807, 2.05) is 0 Å². The summed E-state index contributed by atoms with van der Waals surface area (Å²) in [6, 6.07) is 6.54. The summed E-state index contributed by atoms with van der Waals surface area (Å²) in [5.41, 5.74) is 0.780. The number of phenols is 1. The summed E-state index contributed by atoms with van der Waals surface area (Å²) in [7, 11) is 0. The largest absolute Gasteiger partial charge is 0.508 e. The third-order valence-electron chi connectivity index (χ3n) is 1.71. The number of halogens is 1. The number of hydrogen-bond acceptors (Lipinski definition) is 4. The maximum Gasteiger partial charge on any atom is 0.241 e. The predicted molar refractivity (Wildman–Crippen MR) is 51.0 cm³/mol. The zero-order chi connectivity index (χ0) is 9.97. The molecule has 0 fully saturated rings. The van der Waals surface area contributed by atoms with Gasteiger partial charge in [0.2, 0.25) is 11.7 Å². The van der Waals surface area contributed by atoms with Gasteiger partial charge >= 0.3 is 0 Å². The van der Waals surface area contributed by atoms with Crippen LogP contribution in [0.3, 0.4) is 0 Å². The molecule has 5 heteroatoms. The molecule has 0 aliphatic heterocycles. The second kappa shape index (κ2) is 3.67. The summed E-state index contributed by atoms with van der Waals surface area (Å²) in [6.45, 7) is 0. The molecule has 0 amide bonds. The molecule has 0 unspecified atom stereocenters. The van der Waals surface area contributed by atoms with Gasteiger partial charge in [0.15, 0.2) is 0 Å². The minimum absolute atomic E-state index is 0.199. The highest BCUT2D eigenvalue weighted by Crippen LogP contribution is 2.19. The van der Waals surface area contributed by atoms with Crippen molar-refractivity contribution in [3.05, 3.63) is 30.2 Å². The van der Waals surface area contributed by atoms with Crippen LogP contribution in [0.4, 0.5) is 0 Å². The molecule has 2 rings (SSSR count). The fourth-order valence-electron chi connectivity index (χ4n) is 1.04. The van der Waals surface area contributed by atoms with Crippen molar-refractivity contribution >= 4 is 11.6 Å². The zero-order valence-electron chi connectivity index (χ0n) is 7.14. The molecule has 1 aromatic carbocycles. The molecule has 1 N–H and O–H groups in total. The lowest BCUT2D eigenvalue weighted by Gasteiger charge is -1.93. The fourth-order valence-corrected chi connectivity index (χ4v) is 1.15. The minimum atomic E-state index is 0.199. The van der Waals surface area contributed by atoms with Gasteiger partial charge in [-0.15, -0.1) is 11.6 Å². The standard InChI is InChI=1S/C9H7ClN2O2/c10-5-8-11-9(12-14-8)6-1-3-7(13)4-2-6/h1-4,13H,5H2. The normalized spacial score (nSPS) is 10.4. The van der Waals surface area contributed by atoms with Gasteiger partial charge in [-0.1, -0.05) is 5.16 Å². The van der Waals surface area contributed by atoms with Crippen molar-refractivity contribution in [2.24, 2.45) is 0 Å². The summed E-state index contributed by atoms with van der Waals surface area (Å²) in [6.07, 6.45) is 0. The van der Waals surface area contributed by atoms with E-state index in [2.05, 4.69) is 10.1 Å². The first-order valence-corrected chi connectivity index (χ1v) is 4.51. The lowest BCUT2D eigenvalue weighted by atomic mass is 10.2. The van der Waals surface area contributed by atoms with Crippen LogP contribution in [-0.2, 0) is 5.88 Å². The number of aromatic hydroxyl groups is 1. The Kier molecular flexibility index (Phi) is 2.37. The Labute approximate surface area is 85.1 Å². The number of rotatable bonds is 2. The van der Waals surface area contributed by atoms with E-state index < -0.39 is 0 Å². The van der Waals surface area contributed by atoms with Crippen molar-refractivity contribution in [1.29, 1.82) is 0 Å². The van der Waals surface area contributed by atoms with E-state index in [4.69, 9.17) is 21.2 Å². The van der Waals surface area contributed by atoms with E-state index in [0.717, 1.165) is 5.56 Å². The van der Waals surface area contributed by atoms with Gasteiger partial charge in [0.1, 0.15) is 11.6 Å². The molecule has 0 aliphatic carbocycles. The molecule has 0 aliphatic rings. The molecule has 14 heavy (non-hydrogen) atoms. The molecule has 1 heterocycles. The molecule has 72 valence electrons. The first-order chi connectivity index (χ1) is 6.79. The van der Waals surface area contributed by atoms with E-state index >= 15 is 0 Å². The van der Waals surface area contributed by atoms with E-state index in [0.29, 0.717) is 11.7 Å². The lowest BCUT2D eigenvalue weighted by molar-refractivity contribution is 0.391. The third kappa shape index (κ3) is 1.70. The number of hydrogen-bond donors (Lipinski definition) is 1. The average molecular weight is 211 g/mol. The van der Waals surface area contributed by atoms with Crippen LogP contribution in [0, 0.1) is 0 Å². The van der Waals surface area contributed by atoms with Crippen LogP contribution in [0.1, 0.15) is 5.89 Å². The van der Waals surface area contributed by atoms with Gasteiger partial charge < -0.3 is 9.63 Å². The van der Waals surface area contributed by atoms with Crippen molar-refractivity contribution < 1.29 is 9.63 Å². The van der Waals surface area contributed by atoms with E-state index in [1.54, 1.807) is 24.3 Å². The summed E-state index contributed by atoms with van der Waals surface area (Å²) in [4.78, 5) is 4.04. The topological polar surface area (TPSA) is 59.2 Å². The van der Waals surface area contributed by atoms with Gasteiger partial charge in [0.25, 0.3) is 0 Å². The molecule has 0 atom stereocenters. The van der Waals surface area contributed by atoms with Crippen LogP contribution in [-0.4, -0.2) is 15.2 Å². The second-order valence-electron chi connectivity index (χ2n) is 2.69. The molecule has 0 radical (unpaired) electrons. The highest BCUT2D eigenvalue weighted by Gasteiger charge is 2.06. The molecular weight excluding hydrogens is 204 g/mol. The summed E-state index contributed by atoms with van der Waals surface area (Å²) in [5.74, 6) is 1.26. The molecule has 1 aromatic heterocycles. The molecule has 2 aromatic rings. The Hall–Kier alpha value is -1.55. The maximum atomic E-state index is 9.07. The number of benzene rings is 1. The van der Waals surface area contributed by atoms with Gasteiger partial charge in [-0.3, -0.25) is 0 Å². The number of phenolic OH excluding ortho intramolecular Hbond substituents is 1. The van der Waals surface area contributed by atoms with E-state index in [1.165, 1.54) is 0 Å². The maximum absolute atomic E-state index is 9.07. The van der Waals surface area contributed by atoms with Gasteiger partial charge in [0, 0.05) is 5.56 Å². The van der Waals surface area contributed by atoms with Crippen LogP contribution in [0.25, 0.3) is 11.4 Å². The second-order valence-corrected chi connectivity index (χ2v) is 2.96. The SMILES string of the molecule is Oc1ccc(-c2noc(CCl)n2)cc1. The van der Waals surface area contributed by atoms with Gasteiger partial charge in [-0.2, -0.15) is 4.98 Å². The van der Waals surface area contributed by atoms with Gasteiger partial charge in [-0.25, -0.2) is 0 Å². The Morgan fingerprint density at radius 1 is 1.29 bits per heavy atom. The van der Waals surface area contributed by atoms with Gasteiger partial charge in [0.05, 0.1) is 0 Å². The Morgan fingerprint density at radius 2 is 2.00 bits per heavy atom. The summed E-state index contributed by atoms with van der Waals surface area (Å²) < 4.78 is 4.84. The van der Waals surface area contributed by atoms with Gasteiger partial charge in [-0.05, 0) is 24.3 Å². The average Bonchev–Trinajstić information content (AvgIpc) is 2.67. The van der Waals surface area contributed by atoms with Crippen LogP contribution in [0.2, 0.25) is 0 Å². The van der Waals surface area contributed by atoms with Crippen LogP contribution in [0.15, 0.2) is 28.8 Å². The van der Waals surface area contributed by atoms with Crippen molar-refractivity contribution in [3.8, 4) is 17.1 Å². The lowest BCUT2D eigenvalue weighted by Crippen LogP contribution is -1.80. The number of alkyl halides is 1. The highest BCUT2D eigenvalue weighted by atomic mass is 35.5. The van der Waals surface area contributed by atoms with Crippen molar-refractivity contribution in [1.82, 2.24) is 10.1 Å². The van der Waals surface area contributed by atoms with E-state index in [9.17, 15) is 0 Å². The van der Waals surface area contributed by atoms with Crippen molar-refractivity contribution in [2.75, 3.05) is 0 Å². The molecule has 0 saturated heterocycles. The number of nitrogens with zero attached hydrogens (tertiary/aromatic N) is 2. The predicted octanol–water partition coefficient (Wildman–Crippen LogP) is 2.18. The molecule has 0 saturated carbocycles. The van der Waals surface area contributed by atoms with Crippen LogP contribution >= 0.6 is 11.6 Å². The Bertz CT molecular complexity index is 425. The zero-order valence-corrected chi connectivity index (χ0v) is 7.90. The monoisotopic (exact) mass is 210 g/mol. The Balaban J connectivity index is 2.34. The molecule has 0 bridgehead atoms. The summed E-state index contributed by atoms with van der Waals surface area (Å²) in [5, 5.41) is 12.8. The molecule has 4 nitrogen and oxygen atoms in total. The summed E-state index contributed by atoms with van der Waals surface area (Å²) >= 11 is 5.52. The smallest absolute Gasteiger partial charge is 0.241 e.